The number of nitrogens with zero attached hydrogens (tertiary/aromatic N) is 2. The highest BCUT2D eigenvalue weighted by atomic mass is 32.1. The number of fused-ring (bicyclic) bond motifs is 1. The largest absolute Gasteiger partial charge is 0.191 e. The van der Waals surface area contributed by atoms with Crippen molar-refractivity contribution in [3.8, 4) is 6.07 Å². The smallest absolute Gasteiger partial charge is 0.133 e. The number of aromatic nitrogens is 1. The summed E-state index contributed by atoms with van der Waals surface area (Å²) in [5.74, 6) is 0. The fourth-order valence-corrected chi connectivity index (χ4v) is 1.63. The van der Waals surface area contributed by atoms with Crippen molar-refractivity contribution in [1.29, 1.82) is 5.26 Å². The Hall–Kier alpha value is -1.40. The molecular formula is C8H4N2S. The van der Waals surface area contributed by atoms with Crippen LogP contribution in [0.5, 0.6) is 0 Å². The van der Waals surface area contributed by atoms with Gasteiger partial charge in [-0.25, -0.2) is 0 Å². The molecule has 0 bridgehead atoms. The molecule has 52 valence electrons. The van der Waals surface area contributed by atoms with Crippen LogP contribution in [0, 0.1) is 11.3 Å². The lowest BCUT2D eigenvalue weighted by Crippen LogP contribution is -1.66. The van der Waals surface area contributed by atoms with E-state index >= 15 is 0 Å². The van der Waals surface area contributed by atoms with E-state index in [4.69, 9.17) is 5.26 Å². The van der Waals surface area contributed by atoms with Crippen molar-refractivity contribution >= 4 is 22.4 Å². The molecule has 3 heteroatoms. The molecule has 11 heavy (non-hydrogen) atoms. The fourth-order valence-electron chi connectivity index (χ4n) is 0.970. The SMILES string of the molecule is N#Cc1snc2ccccc12. The summed E-state index contributed by atoms with van der Waals surface area (Å²) in [7, 11) is 0. The molecule has 1 aromatic carbocycles. The second-order valence-corrected chi connectivity index (χ2v) is 2.91. The second kappa shape index (κ2) is 2.33. The highest BCUT2D eigenvalue weighted by Crippen LogP contribution is 2.20. The molecular weight excluding hydrogens is 156 g/mol. The minimum atomic E-state index is 0.695. The van der Waals surface area contributed by atoms with Crippen LogP contribution >= 0.6 is 11.5 Å². The van der Waals surface area contributed by atoms with Gasteiger partial charge >= 0.3 is 0 Å². The Morgan fingerprint density at radius 2 is 2.18 bits per heavy atom. The van der Waals surface area contributed by atoms with E-state index in [9.17, 15) is 0 Å². The molecule has 0 atom stereocenters. The number of benzene rings is 1. The van der Waals surface area contributed by atoms with Crippen LogP contribution in [-0.4, -0.2) is 4.37 Å². The van der Waals surface area contributed by atoms with Crippen LogP contribution in [0.25, 0.3) is 10.9 Å². The van der Waals surface area contributed by atoms with Gasteiger partial charge in [0.15, 0.2) is 0 Å². The molecule has 1 aromatic heterocycles. The van der Waals surface area contributed by atoms with Gasteiger partial charge in [0.05, 0.1) is 5.52 Å². The topological polar surface area (TPSA) is 36.7 Å². The zero-order valence-electron chi connectivity index (χ0n) is 5.61. The monoisotopic (exact) mass is 160 g/mol. The third-order valence-corrected chi connectivity index (χ3v) is 2.27. The van der Waals surface area contributed by atoms with Crippen LogP contribution in [0.3, 0.4) is 0 Å². The maximum absolute atomic E-state index is 8.64. The summed E-state index contributed by atoms with van der Waals surface area (Å²) < 4.78 is 4.11. The zero-order valence-corrected chi connectivity index (χ0v) is 6.43. The van der Waals surface area contributed by atoms with Gasteiger partial charge in [0.1, 0.15) is 10.9 Å². The summed E-state index contributed by atoms with van der Waals surface area (Å²) in [4.78, 5) is 0.695. The normalized spacial score (nSPS) is 9.73. The summed E-state index contributed by atoms with van der Waals surface area (Å²) in [6.45, 7) is 0. The molecule has 0 N–H and O–H groups in total. The van der Waals surface area contributed by atoms with E-state index in [0.717, 1.165) is 10.9 Å². The van der Waals surface area contributed by atoms with Crippen molar-refractivity contribution in [2.75, 3.05) is 0 Å². The number of nitriles is 1. The fraction of sp³-hybridized carbons (Fsp3) is 0. The minimum Gasteiger partial charge on any atom is -0.191 e. The van der Waals surface area contributed by atoms with Crippen molar-refractivity contribution in [3.05, 3.63) is 29.1 Å². The number of hydrogen-bond donors (Lipinski definition) is 0. The van der Waals surface area contributed by atoms with E-state index in [2.05, 4.69) is 10.4 Å². The van der Waals surface area contributed by atoms with Gasteiger partial charge in [-0.1, -0.05) is 18.2 Å². The van der Waals surface area contributed by atoms with Gasteiger partial charge in [0.2, 0.25) is 0 Å². The minimum absolute atomic E-state index is 0.695. The van der Waals surface area contributed by atoms with Crippen molar-refractivity contribution in [2.24, 2.45) is 0 Å². The van der Waals surface area contributed by atoms with E-state index in [0.29, 0.717) is 4.88 Å². The first-order chi connectivity index (χ1) is 5.42. The summed E-state index contributed by atoms with van der Waals surface area (Å²) in [5, 5.41) is 9.60. The zero-order chi connectivity index (χ0) is 7.68. The Labute approximate surface area is 67.9 Å². The first-order valence-corrected chi connectivity index (χ1v) is 3.93. The lowest BCUT2D eigenvalue weighted by Gasteiger charge is -1.83. The second-order valence-electron chi connectivity index (χ2n) is 2.14. The van der Waals surface area contributed by atoms with E-state index in [1.807, 2.05) is 24.3 Å². The molecule has 2 rings (SSSR count). The molecule has 0 aliphatic carbocycles. The van der Waals surface area contributed by atoms with Crippen LogP contribution < -0.4 is 0 Å². The predicted octanol–water partition coefficient (Wildman–Crippen LogP) is 2.17. The van der Waals surface area contributed by atoms with Crippen LogP contribution in [-0.2, 0) is 0 Å². The molecule has 0 saturated heterocycles. The van der Waals surface area contributed by atoms with E-state index in [1.165, 1.54) is 11.5 Å². The van der Waals surface area contributed by atoms with Crippen LogP contribution in [0.2, 0.25) is 0 Å². The molecule has 0 aliphatic heterocycles. The van der Waals surface area contributed by atoms with Crippen molar-refractivity contribution in [2.45, 2.75) is 0 Å². The Morgan fingerprint density at radius 3 is 3.00 bits per heavy atom. The van der Waals surface area contributed by atoms with Crippen molar-refractivity contribution in [3.63, 3.8) is 0 Å². The van der Waals surface area contributed by atoms with Gasteiger partial charge in [-0.3, -0.25) is 0 Å². The first kappa shape index (κ1) is 6.32. The maximum atomic E-state index is 8.64. The van der Waals surface area contributed by atoms with Gasteiger partial charge in [0.25, 0.3) is 0 Å². The van der Waals surface area contributed by atoms with Gasteiger partial charge in [-0.2, -0.15) is 9.64 Å². The molecule has 0 amide bonds. The van der Waals surface area contributed by atoms with E-state index < -0.39 is 0 Å². The van der Waals surface area contributed by atoms with Gasteiger partial charge in [-0.15, -0.1) is 0 Å². The Bertz CT molecular complexity index is 425. The Morgan fingerprint density at radius 1 is 1.36 bits per heavy atom. The Balaban J connectivity index is 2.89. The highest BCUT2D eigenvalue weighted by Gasteiger charge is 2.01. The van der Waals surface area contributed by atoms with E-state index in [1.54, 1.807) is 0 Å². The van der Waals surface area contributed by atoms with Crippen LogP contribution in [0.1, 0.15) is 4.88 Å². The molecule has 0 radical (unpaired) electrons. The Kier molecular flexibility index (Phi) is 1.34. The average Bonchev–Trinajstić information content (AvgIpc) is 2.47. The summed E-state index contributed by atoms with van der Waals surface area (Å²) in [5.41, 5.74) is 0.911. The predicted molar refractivity (Wildman–Crippen MR) is 44.3 cm³/mol. The summed E-state index contributed by atoms with van der Waals surface area (Å²) in [6, 6.07) is 9.76. The lowest BCUT2D eigenvalue weighted by molar-refractivity contribution is 1.53. The van der Waals surface area contributed by atoms with Gasteiger partial charge in [0, 0.05) is 5.39 Å². The average molecular weight is 160 g/mol. The number of hydrogen-bond acceptors (Lipinski definition) is 3. The van der Waals surface area contributed by atoms with Gasteiger partial charge < -0.3 is 0 Å². The highest BCUT2D eigenvalue weighted by molar-refractivity contribution is 7.07. The molecule has 2 aromatic rings. The quantitative estimate of drug-likeness (QED) is 0.592. The molecule has 2 nitrogen and oxygen atoms in total. The molecule has 0 saturated carbocycles. The van der Waals surface area contributed by atoms with Gasteiger partial charge in [-0.05, 0) is 17.6 Å². The lowest BCUT2D eigenvalue weighted by atomic mass is 10.2. The first-order valence-electron chi connectivity index (χ1n) is 3.16. The number of rotatable bonds is 0. The van der Waals surface area contributed by atoms with Crippen molar-refractivity contribution in [1.82, 2.24) is 4.37 Å². The summed E-state index contributed by atoms with van der Waals surface area (Å²) in [6.07, 6.45) is 0. The van der Waals surface area contributed by atoms with Crippen LogP contribution in [0.15, 0.2) is 24.3 Å². The van der Waals surface area contributed by atoms with Crippen molar-refractivity contribution < 1.29 is 0 Å². The molecule has 0 aliphatic rings. The molecule has 0 fully saturated rings. The molecule has 0 unspecified atom stereocenters. The molecule has 1 heterocycles. The standard InChI is InChI=1S/C8H4N2S/c9-5-8-6-3-1-2-4-7(6)10-11-8/h1-4H. The summed E-state index contributed by atoms with van der Waals surface area (Å²) >= 11 is 1.25. The van der Waals surface area contributed by atoms with E-state index in [-0.39, 0.29) is 0 Å². The van der Waals surface area contributed by atoms with Crippen LogP contribution in [0.4, 0.5) is 0 Å². The third-order valence-electron chi connectivity index (χ3n) is 1.49. The maximum Gasteiger partial charge on any atom is 0.133 e. The molecule has 0 spiro atoms. The third kappa shape index (κ3) is 0.883.